The molecule has 0 heterocycles. The lowest BCUT2D eigenvalue weighted by Crippen LogP contribution is -2.18. The predicted octanol–water partition coefficient (Wildman–Crippen LogP) is -1.37. The summed E-state index contributed by atoms with van der Waals surface area (Å²) in [7, 11) is 0. The van der Waals surface area contributed by atoms with E-state index in [0.717, 1.165) is 0 Å². The molecule has 0 saturated carbocycles. The van der Waals surface area contributed by atoms with Gasteiger partial charge < -0.3 is 22.9 Å². The summed E-state index contributed by atoms with van der Waals surface area (Å²) in [6.07, 6.45) is 0. The molecule has 9 heavy (non-hydrogen) atoms. The minimum atomic E-state index is -0.833. The highest BCUT2D eigenvalue weighted by Gasteiger charge is 1.60. The predicted molar refractivity (Wildman–Crippen MR) is 42.0 cm³/mol. The van der Waals surface area contributed by atoms with E-state index in [2.05, 4.69) is 35.2 Å². The molecule has 56 valence electrons. The van der Waals surface area contributed by atoms with Crippen molar-refractivity contribution in [1.29, 1.82) is 0 Å². The lowest BCUT2D eigenvalue weighted by atomic mass is 11.2. The zero-order valence-electron chi connectivity index (χ0n) is 4.53. The number of carbonyl (C=O) groups is 1. The van der Waals surface area contributed by atoms with Crippen LogP contribution in [0.15, 0.2) is 0 Å². The van der Waals surface area contributed by atoms with Crippen molar-refractivity contribution >= 4 is 35.8 Å². The van der Waals surface area contributed by atoms with Gasteiger partial charge in [-0.1, -0.05) is 0 Å². The summed E-state index contributed by atoms with van der Waals surface area (Å²) in [4.78, 5) is 9.00. The number of thiocarbonyl (C=S) groups is 1. The van der Waals surface area contributed by atoms with Crippen molar-refractivity contribution in [2.45, 2.75) is 0 Å². The number of hydrogen-bond acceptors (Lipinski definition) is 2. The van der Waals surface area contributed by atoms with Gasteiger partial charge in [0.15, 0.2) is 5.11 Å². The number of primary amides is 2. The van der Waals surface area contributed by atoms with E-state index in [9.17, 15) is 0 Å². The molecule has 0 bridgehead atoms. The van der Waals surface area contributed by atoms with Crippen molar-refractivity contribution in [1.82, 2.24) is 0 Å². The molecule has 0 atom stereocenters. The standard InChI is InChI=1S/CH4N2O.CH4N2S.ClH/c2*2-1(3)4;/h2*(H4,2,3,4);1H. The average molecular weight is 173 g/mol. The van der Waals surface area contributed by atoms with Gasteiger partial charge in [0, 0.05) is 0 Å². The average Bonchev–Trinajstić information content (AvgIpc) is 1.25. The van der Waals surface area contributed by atoms with Crippen molar-refractivity contribution in [3.8, 4) is 0 Å². The number of urea groups is 1. The lowest BCUT2D eigenvalue weighted by Gasteiger charge is -1.68. The van der Waals surface area contributed by atoms with Gasteiger partial charge in [-0.25, -0.2) is 4.79 Å². The molecule has 8 N–H and O–H groups in total. The highest BCUT2D eigenvalue weighted by Crippen LogP contribution is 1.32. The van der Waals surface area contributed by atoms with Crippen molar-refractivity contribution in [3.63, 3.8) is 0 Å². The van der Waals surface area contributed by atoms with E-state index >= 15 is 0 Å². The molecule has 0 aliphatic carbocycles. The van der Waals surface area contributed by atoms with Crippen molar-refractivity contribution in [2.75, 3.05) is 0 Å². The first kappa shape index (κ1) is 15.7. The number of amides is 2. The van der Waals surface area contributed by atoms with Crippen LogP contribution in [-0.2, 0) is 0 Å². The van der Waals surface area contributed by atoms with Crippen LogP contribution in [-0.4, -0.2) is 11.1 Å². The third-order valence-electron chi connectivity index (χ3n) is 0. The van der Waals surface area contributed by atoms with Gasteiger partial charge in [0.05, 0.1) is 0 Å². The summed E-state index contributed by atoms with van der Waals surface area (Å²) in [5.74, 6) is 0. The van der Waals surface area contributed by atoms with E-state index in [4.69, 9.17) is 4.79 Å². The summed E-state index contributed by atoms with van der Waals surface area (Å²) >= 11 is 4.09. The van der Waals surface area contributed by atoms with Crippen LogP contribution in [0.2, 0.25) is 0 Å². The Morgan fingerprint density at radius 3 is 1.11 bits per heavy atom. The molecule has 0 unspecified atom stereocenters. The topological polar surface area (TPSA) is 121 Å². The number of hydrogen-bond donors (Lipinski definition) is 4. The summed E-state index contributed by atoms with van der Waals surface area (Å²) < 4.78 is 0. The summed E-state index contributed by atoms with van der Waals surface area (Å²) in [6, 6.07) is -0.833. The number of rotatable bonds is 0. The number of nitrogens with two attached hydrogens (primary N) is 4. The third kappa shape index (κ3) is 355. The van der Waals surface area contributed by atoms with Gasteiger partial charge in [0.25, 0.3) is 0 Å². The van der Waals surface area contributed by atoms with Gasteiger partial charge >= 0.3 is 6.03 Å². The fourth-order valence-corrected chi connectivity index (χ4v) is 0. The second kappa shape index (κ2) is 10.3. The molecular weight excluding hydrogens is 164 g/mol. The molecule has 0 aliphatic heterocycles. The van der Waals surface area contributed by atoms with Gasteiger partial charge in [0.1, 0.15) is 0 Å². The van der Waals surface area contributed by atoms with Gasteiger partial charge in [-0.05, 0) is 12.2 Å². The molecule has 7 heteroatoms. The van der Waals surface area contributed by atoms with Crippen LogP contribution in [0.3, 0.4) is 0 Å². The molecule has 0 fully saturated rings. The van der Waals surface area contributed by atoms with E-state index in [1.54, 1.807) is 0 Å². The van der Waals surface area contributed by atoms with E-state index in [1.807, 2.05) is 0 Å². The van der Waals surface area contributed by atoms with Crippen LogP contribution >= 0.6 is 24.6 Å². The Morgan fingerprint density at radius 1 is 1.11 bits per heavy atom. The minimum absolute atomic E-state index is 0. The molecule has 0 spiro atoms. The maximum Gasteiger partial charge on any atom is 0.309 e. The van der Waals surface area contributed by atoms with Gasteiger partial charge in [0.2, 0.25) is 0 Å². The van der Waals surface area contributed by atoms with Crippen LogP contribution in [0.25, 0.3) is 0 Å². The SMILES string of the molecule is Cl.NC(N)=O.NC(N)=S. The lowest BCUT2D eigenvalue weighted by molar-refractivity contribution is 0.256. The van der Waals surface area contributed by atoms with E-state index in [0.29, 0.717) is 0 Å². The van der Waals surface area contributed by atoms with Gasteiger partial charge in [-0.3, -0.25) is 0 Å². The van der Waals surface area contributed by atoms with Gasteiger partial charge in [-0.2, -0.15) is 0 Å². The van der Waals surface area contributed by atoms with Crippen LogP contribution in [0.5, 0.6) is 0 Å². The first-order valence-electron chi connectivity index (χ1n) is 1.56. The van der Waals surface area contributed by atoms with Crippen molar-refractivity contribution in [3.05, 3.63) is 0 Å². The zero-order valence-corrected chi connectivity index (χ0v) is 6.17. The Kier molecular flexibility index (Phi) is 18.0. The van der Waals surface area contributed by atoms with Crippen molar-refractivity contribution in [2.24, 2.45) is 22.9 Å². The van der Waals surface area contributed by atoms with Gasteiger partial charge in [-0.15, -0.1) is 12.4 Å². The minimum Gasteiger partial charge on any atom is -0.377 e. The second-order valence-corrected chi connectivity index (χ2v) is 1.28. The molecule has 0 aromatic heterocycles. The fourth-order valence-electron chi connectivity index (χ4n) is 0. The highest BCUT2D eigenvalue weighted by atomic mass is 35.5. The molecular formula is C2H9ClN4OS. The molecule has 5 nitrogen and oxygen atoms in total. The molecule has 0 aromatic rings. The fraction of sp³-hybridized carbons (Fsp3) is 0. The summed E-state index contributed by atoms with van der Waals surface area (Å²) in [6.45, 7) is 0. The summed E-state index contributed by atoms with van der Waals surface area (Å²) in [5, 5.41) is 0.000000000000000222. The molecule has 0 aliphatic rings. The smallest absolute Gasteiger partial charge is 0.309 e. The number of halogens is 1. The molecule has 0 radical (unpaired) electrons. The van der Waals surface area contributed by atoms with Crippen LogP contribution in [0, 0.1) is 0 Å². The third-order valence-corrected chi connectivity index (χ3v) is 0. The monoisotopic (exact) mass is 172 g/mol. The van der Waals surface area contributed by atoms with Crippen molar-refractivity contribution < 1.29 is 4.79 Å². The normalized spacial score (nSPS) is 5.33. The Balaban J connectivity index is -0.0000000720. The Morgan fingerprint density at radius 2 is 1.11 bits per heavy atom. The second-order valence-electron chi connectivity index (χ2n) is 0.805. The van der Waals surface area contributed by atoms with E-state index in [1.165, 1.54) is 0 Å². The first-order chi connectivity index (χ1) is 3.46. The largest absolute Gasteiger partial charge is 0.377 e. The first-order valence-corrected chi connectivity index (χ1v) is 1.97. The maximum atomic E-state index is 9.00. The Labute approximate surface area is 64.1 Å². The van der Waals surface area contributed by atoms with Crippen LogP contribution in [0.4, 0.5) is 4.79 Å². The van der Waals surface area contributed by atoms with Crippen LogP contribution < -0.4 is 22.9 Å². The summed E-state index contributed by atoms with van der Waals surface area (Å²) in [5.41, 5.74) is 17.7. The zero-order chi connectivity index (χ0) is 7.15. The molecule has 2 amide bonds. The Bertz CT molecular complexity index is 76.6. The maximum absolute atomic E-state index is 9.00. The molecule has 0 rings (SSSR count). The molecule has 0 saturated heterocycles. The quantitative estimate of drug-likeness (QED) is 0.337. The van der Waals surface area contributed by atoms with Crippen LogP contribution in [0.1, 0.15) is 0 Å². The number of carbonyl (C=O) groups excluding carboxylic acids is 1. The van der Waals surface area contributed by atoms with E-state index in [-0.39, 0.29) is 17.5 Å². The van der Waals surface area contributed by atoms with E-state index < -0.39 is 6.03 Å². The molecule has 0 aromatic carbocycles. The highest BCUT2D eigenvalue weighted by molar-refractivity contribution is 7.80. The Hall–Kier alpha value is -0.750.